The topological polar surface area (TPSA) is 93.5 Å². The highest BCUT2D eigenvalue weighted by atomic mass is 32.2. The van der Waals surface area contributed by atoms with Crippen LogP contribution in [0.2, 0.25) is 0 Å². The minimum Gasteiger partial charge on any atom is -0.397 e. The molecule has 25 heavy (non-hydrogen) atoms. The van der Waals surface area contributed by atoms with E-state index in [4.69, 9.17) is 10.5 Å². The van der Waals surface area contributed by atoms with Crippen LogP contribution in [0.3, 0.4) is 0 Å². The molecule has 1 aliphatic heterocycles. The number of nitrogens with two attached hydrogens (primary N) is 1. The Kier molecular flexibility index (Phi) is 5.45. The van der Waals surface area contributed by atoms with E-state index >= 15 is 0 Å². The molecule has 0 spiro atoms. The van der Waals surface area contributed by atoms with Gasteiger partial charge in [0, 0.05) is 13.2 Å². The van der Waals surface area contributed by atoms with Crippen LogP contribution in [0.15, 0.2) is 53.4 Å². The zero-order valence-electron chi connectivity index (χ0n) is 13.9. The van der Waals surface area contributed by atoms with Gasteiger partial charge in [-0.15, -0.1) is 0 Å². The number of rotatable bonds is 6. The van der Waals surface area contributed by atoms with E-state index in [1.54, 1.807) is 48.5 Å². The molecular formula is C18H23N3O3S. The van der Waals surface area contributed by atoms with Crippen LogP contribution in [-0.2, 0) is 14.8 Å². The molecule has 0 bridgehead atoms. The molecule has 0 radical (unpaired) electrons. The molecule has 7 heteroatoms. The second-order valence-corrected chi connectivity index (χ2v) is 7.77. The summed E-state index contributed by atoms with van der Waals surface area (Å²) >= 11 is 0. The molecule has 6 nitrogen and oxygen atoms in total. The van der Waals surface area contributed by atoms with E-state index in [9.17, 15) is 8.42 Å². The third-order valence-corrected chi connectivity index (χ3v) is 5.55. The molecule has 0 amide bonds. The number of anilines is 3. The summed E-state index contributed by atoms with van der Waals surface area (Å²) in [5.41, 5.74) is 7.75. The highest BCUT2D eigenvalue weighted by Gasteiger charge is 2.15. The van der Waals surface area contributed by atoms with Gasteiger partial charge in [-0.2, -0.15) is 0 Å². The van der Waals surface area contributed by atoms with Gasteiger partial charge in [0.25, 0.3) is 10.0 Å². The quantitative estimate of drug-likeness (QED) is 0.688. The molecule has 4 N–H and O–H groups in total. The third kappa shape index (κ3) is 4.64. The first kappa shape index (κ1) is 17.6. The Morgan fingerprint density at radius 1 is 1.12 bits per heavy atom. The average molecular weight is 361 g/mol. The molecule has 1 fully saturated rings. The Labute approximate surface area is 148 Å². The van der Waals surface area contributed by atoms with Crippen molar-refractivity contribution in [1.29, 1.82) is 0 Å². The lowest BCUT2D eigenvalue weighted by Crippen LogP contribution is -2.27. The maximum absolute atomic E-state index is 12.3. The standard InChI is InChI=1S/C18H23N3O3S/c19-17-12-14(21-25(22,23)16-7-2-1-3-8-16)9-10-18(17)20-13-15-6-4-5-11-24-15/h1-3,7-10,12,15,20-21H,4-6,11,13,19H2. The van der Waals surface area contributed by atoms with Gasteiger partial charge in [-0.3, -0.25) is 4.72 Å². The molecule has 1 heterocycles. The SMILES string of the molecule is Nc1cc(NS(=O)(=O)c2ccccc2)ccc1NCC1CCCCO1. The summed E-state index contributed by atoms with van der Waals surface area (Å²) in [6, 6.07) is 13.3. The fraction of sp³-hybridized carbons (Fsp3) is 0.333. The van der Waals surface area contributed by atoms with Crippen LogP contribution in [0.4, 0.5) is 17.1 Å². The van der Waals surface area contributed by atoms with E-state index in [-0.39, 0.29) is 11.0 Å². The summed E-state index contributed by atoms with van der Waals surface area (Å²) in [6.45, 7) is 1.50. The van der Waals surface area contributed by atoms with Crippen molar-refractivity contribution in [3.05, 3.63) is 48.5 Å². The summed E-state index contributed by atoms with van der Waals surface area (Å²) in [4.78, 5) is 0.213. The maximum atomic E-state index is 12.3. The zero-order chi connectivity index (χ0) is 17.7. The molecule has 0 saturated carbocycles. The van der Waals surface area contributed by atoms with E-state index < -0.39 is 10.0 Å². The fourth-order valence-electron chi connectivity index (χ4n) is 2.79. The largest absolute Gasteiger partial charge is 0.397 e. The normalized spacial score (nSPS) is 17.8. The first-order valence-electron chi connectivity index (χ1n) is 8.37. The molecule has 1 unspecified atom stereocenters. The van der Waals surface area contributed by atoms with Crippen LogP contribution >= 0.6 is 0 Å². The van der Waals surface area contributed by atoms with Gasteiger partial charge < -0.3 is 15.8 Å². The molecule has 0 aromatic heterocycles. The predicted octanol–water partition coefficient (Wildman–Crippen LogP) is 3.05. The van der Waals surface area contributed by atoms with Crippen LogP contribution in [0.25, 0.3) is 0 Å². The number of hydrogen-bond acceptors (Lipinski definition) is 5. The second kappa shape index (κ2) is 7.76. The first-order chi connectivity index (χ1) is 12.0. The highest BCUT2D eigenvalue weighted by molar-refractivity contribution is 7.92. The molecule has 2 aromatic rings. The molecule has 3 rings (SSSR count). The number of sulfonamides is 1. The van der Waals surface area contributed by atoms with Gasteiger partial charge >= 0.3 is 0 Å². The van der Waals surface area contributed by atoms with Gasteiger partial charge in [0.2, 0.25) is 0 Å². The van der Waals surface area contributed by atoms with Crippen molar-refractivity contribution in [2.45, 2.75) is 30.3 Å². The number of ether oxygens (including phenoxy) is 1. The Morgan fingerprint density at radius 2 is 1.92 bits per heavy atom. The maximum Gasteiger partial charge on any atom is 0.261 e. The third-order valence-electron chi connectivity index (χ3n) is 4.15. The fourth-order valence-corrected chi connectivity index (χ4v) is 3.86. The summed E-state index contributed by atoms with van der Waals surface area (Å²) in [6.07, 6.45) is 3.54. The summed E-state index contributed by atoms with van der Waals surface area (Å²) < 4.78 is 32.9. The summed E-state index contributed by atoms with van der Waals surface area (Å²) in [5, 5.41) is 3.28. The van der Waals surface area contributed by atoms with Crippen LogP contribution in [0, 0.1) is 0 Å². The van der Waals surface area contributed by atoms with E-state index in [0.717, 1.165) is 25.1 Å². The van der Waals surface area contributed by atoms with Crippen molar-refractivity contribution in [3.63, 3.8) is 0 Å². The van der Waals surface area contributed by atoms with Crippen LogP contribution in [0.5, 0.6) is 0 Å². The lowest BCUT2D eigenvalue weighted by molar-refractivity contribution is 0.0248. The van der Waals surface area contributed by atoms with Gasteiger partial charge in [-0.1, -0.05) is 18.2 Å². The Morgan fingerprint density at radius 3 is 2.60 bits per heavy atom. The lowest BCUT2D eigenvalue weighted by Gasteiger charge is -2.23. The molecule has 2 aromatic carbocycles. The molecule has 1 atom stereocenters. The van der Waals surface area contributed by atoms with Crippen molar-refractivity contribution < 1.29 is 13.2 Å². The Balaban J connectivity index is 1.65. The predicted molar refractivity (Wildman–Crippen MR) is 100 cm³/mol. The number of benzene rings is 2. The van der Waals surface area contributed by atoms with Crippen molar-refractivity contribution in [1.82, 2.24) is 0 Å². The smallest absolute Gasteiger partial charge is 0.261 e. The highest BCUT2D eigenvalue weighted by Crippen LogP contribution is 2.25. The van der Waals surface area contributed by atoms with Gasteiger partial charge in [-0.25, -0.2) is 8.42 Å². The van der Waals surface area contributed by atoms with Gasteiger partial charge in [0.05, 0.1) is 28.1 Å². The molecule has 134 valence electrons. The second-order valence-electron chi connectivity index (χ2n) is 6.09. The Bertz CT molecular complexity index is 804. The molecule has 1 saturated heterocycles. The van der Waals surface area contributed by atoms with E-state index in [2.05, 4.69) is 10.0 Å². The number of nitrogens with one attached hydrogen (secondary N) is 2. The Hall–Kier alpha value is -2.25. The van der Waals surface area contributed by atoms with Crippen molar-refractivity contribution in [3.8, 4) is 0 Å². The average Bonchev–Trinajstić information content (AvgIpc) is 2.62. The summed E-state index contributed by atoms with van der Waals surface area (Å²) in [7, 11) is -3.62. The minimum atomic E-state index is -3.62. The van der Waals surface area contributed by atoms with Crippen LogP contribution in [0.1, 0.15) is 19.3 Å². The molecule has 0 aliphatic carbocycles. The zero-order valence-corrected chi connectivity index (χ0v) is 14.8. The van der Waals surface area contributed by atoms with Gasteiger partial charge in [0.15, 0.2) is 0 Å². The summed E-state index contributed by atoms with van der Waals surface area (Å²) in [5.74, 6) is 0. The van der Waals surface area contributed by atoms with Crippen molar-refractivity contribution >= 4 is 27.1 Å². The van der Waals surface area contributed by atoms with Gasteiger partial charge in [-0.05, 0) is 49.6 Å². The minimum absolute atomic E-state index is 0.199. The van der Waals surface area contributed by atoms with E-state index in [0.29, 0.717) is 17.9 Å². The van der Waals surface area contributed by atoms with Crippen molar-refractivity contribution in [2.24, 2.45) is 0 Å². The van der Waals surface area contributed by atoms with Crippen LogP contribution < -0.4 is 15.8 Å². The van der Waals surface area contributed by atoms with E-state index in [1.165, 1.54) is 6.42 Å². The van der Waals surface area contributed by atoms with Crippen molar-refractivity contribution in [2.75, 3.05) is 28.9 Å². The molecule has 1 aliphatic rings. The monoisotopic (exact) mass is 361 g/mol. The molecular weight excluding hydrogens is 338 g/mol. The first-order valence-corrected chi connectivity index (χ1v) is 9.86. The van der Waals surface area contributed by atoms with Crippen LogP contribution in [-0.4, -0.2) is 27.7 Å². The lowest BCUT2D eigenvalue weighted by atomic mass is 10.1. The number of nitrogen functional groups attached to an aromatic ring is 1. The number of hydrogen-bond donors (Lipinski definition) is 3. The van der Waals surface area contributed by atoms with Gasteiger partial charge in [0.1, 0.15) is 0 Å². The van der Waals surface area contributed by atoms with E-state index in [1.807, 2.05) is 0 Å².